The average molecular weight is 265 g/mol. The van der Waals surface area contributed by atoms with Crippen LogP contribution in [-0.4, -0.2) is 49.1 Å². The van der Waals surface area contributed by atoms with Crippen LogP contribution in [0.25, 0.3) is 0 Å². The summed E-state index contributed by atoms with van der Waals surface area (Å²) in [7, 11) is 1.96. The standard InChI is InChI=1S/C15H27N3O/c1-4-13(2)18-8-6-17(7-9-18)12-14-5-10-19-15(14)11-16-3/h5,10,13,16H,4,6-9,11-12H2,1-3H3. The second-order valence-electron chi connectivity index (χ2n) is 5.47. The first kappa shape index (κ1) is 14.6. The van der Waals surface area contributed by atoms with Gasteiger partial charge in [0.15, 0.2) is 0 Å². The van der Waals surface area contributed by atoms with Crippen molar-refractivity contribution in [2.24, 2.45) is 0 Å². The molecule has 0 radical (unpaired) electrons. The highest BCUT2D eigenvalue weighted by atomic mass is 16.3. The lowest BCUT2D eigenvalue weighted by Crippen LogP contribution is -2.49. The van der Waals surface area contributed by atoms with E-state index < -0.39 is 0 Å². The van der Waals surface area contributed by atoms with Gasteiger partial charge in [0.1, 0.15) is 5.76 Å². The minimum atomic E-state index is 0.718. The number of piperazine rings is 1. The highest BCUT2D eigenvalue weighted by Gasteiger charge is 2.21. The van der Waals surface area contributed by atoms with Crippen LogP contribution in [0.1, 0.15) is 31.6 Å². The van der Waals surface area contributed by atoms with Crippen LogP contribution in [0.15, 0.2) is 16.7 Å². The summed E-state index contributed by atoms with van der Waals surface area (Å²) in [6, 6.07) is 2.82. The van der Waals surface area contributed by atoms with Gasteiger partial charge in [0.25, 0.3) is 0 Å². The quantitative estimate of drug-likeness (QED) is 0.851. The lowest BCUT2D eigenvalue weighted by atomic mass is 10.1. The molecule has 2 heterocycles. The van der Waals surface area contributed by atoms with Gasteiger partial charge in [-0.3, -0.25) is 9.80 Å². The van der Waals surface area contributed by atoms with Gasteiger partial charge in [0.05, 0.1) is 12.8 Å². The Labute approximate surface area is 116 Å². The Balaban J connectivity index is 1.83. The molecular weight excluding hydrogens is 238 g/mol. The molecule has 1 aromatic heterocycles. The molecule has 0 saturated carbocycles. The summed E-state index contributed by atoms with van der Waals surface area (Å²) in [6.07, 6.45) is 3.05. The van der Waals surface area contributed by atoms with Crippen molar-refractivity contribution >= 4 is 0 Å². The van der Waals surface area contributed by atoms with Gasteiger partial charge in [0, 0.05) is 44.3 Å². The third-order valence-electron chi connectivity index (χ3n) is 4.19. The van der Waals surface area contributed by atoms with Crippen molar-refractivity contribution in [3.05, 3.63) is 23.7 Å². The molecule has 19 heavy (non-hydrogen) atoms. The zero-order valence-corrected chi connectivity index (χ0v) is 12.5. The first-order chi connectivity index (χ1) is 9.24. The number of hydrogen-bond acceptors (Lipinski definition) is 4. The lowest BCUT2D eigenvalue weighted by molar-refractivity contribution is 0.0960. The molecule has 1 fully saturated rings. The topological polar surface area (TPSA) is 31.6 Å². The molecule has 1 saturated heterocycles. The van der Waals surface area contributed by atoms with Crippen LogP contribution in [0.3, 0.4) is 0 Å². The Kier molecular flexibility index (Phi) is 5.43. The molecule has 2 rings (SSSR count). The monoisotopic (exact) mass is 265 g/mol. The van der Waals surface area contributed by atoms with Gasteiger partial charge in [-0.15, -0.1) is 0 Å². The molecule has 0 aromatic carbocycles. The van der Waals surface area contributed by atoms with Crippen LogP contribution in [-0.2, 0) is 13.1 Å². The minimum absolute atomic E-state index is 0.718. The summed E-state index contributed by atoms with van der Waals surface area (Å²) >= 11 is 0. The Morgan fingerprint density at radius 3 is 2.68 bits per heavy atom. The van der Waals surface area contributed by atoms with Crippen molar-refractivity contribution in [3.63, 3.8) is 0 Å². The van der Waals surface area contributed by atoms with Gasteiger partial charge in [-0.1, -0.05) is 6.92 Å². The zero-order chi connectivity index (χ0) is 13.7. The predicted octanol–water partition coefficient (Wildman–Crippen LogP) is 1.92. The first-order valence-corrected chi connectivity index (χ1v) is 7.40. The third kappa shape index (κ3) is 3.81. The van der Waals surface area contributed by atoms with E-state index in [0.29, 0.717) is 0 Å². The molecule has 0 spiro atoms. The molecule has 4 heteroatoms. The SMILES string of the molecule is CCC(C)N1CCN(Cc2ccoc2CNC)CC1. The molecule has 1 aliphatic heterocycles. The molecule has 1 unspecified atom stereocenters. The molecule has 1 aliphatic rings. The molecule has 4 nitrogen and oxygen atoms in total. The fourth-order valence-corrected chi connectivity index (χ4v) is 2.68. The maximum atomic E-state index is 5.52. The largest absolute Gasteiger partial charge is 0.468 e. The van der Waals surface area contributed by atoms with Crippen LogP contribution < -0.4 is 5.32 Å². The van der Waals surface area contributed by atoms with E-state index in [-0.39, 0.29) is 0 Å². The van der Waals surface area contributed by atoms with E-state index in [4.69, 9.17) is 4.42 Å². The highest BCUT2D eigenvalue weighted by molar-refractivity contribution is 5.16. The Hall–Kier alpha value is -0.840. The summed E-state index contributed by atoms with van der Waals surface area (Å²) in [5, 5.41) is 3.16. The van der Waals surface area contributed by atoms with Crippen molar-refractivity contribution in [2.75, 3.05) is 33.2 Å². The van der Waals surface area contributed by atoms with Crippen LogP contribution in [0.2, 0.25) is 0 Å². The van der Waals surface area contributed by atoms with Gasteiger partial charge < -0.3 is 9.73 Å². The Morgan fingerprint density at radius 2 is 2.05 bits per heavy atom. The van der Waals surface area contributed by atoms with E-state index in [1.165, 1.54) is 25.1 Å². The minimum Gasteiger partial charge on any atom is -0.468 e. The Bertz CT molecular complexity index is 369. The van der Waals surface area contributed by atoms with Crippen molar-refractivity contribution in [1.29, 1.82) is 0 Å². The smallest absolute Gasteiger partial charge is 0.122 e. The van der Waals surface area contributed by atoms with Crippen molar-refractivity contribution in [2.45, 2.75) is 39.4 Å². The van der Waals surface area contributed by atoms with E-state index in [1.54, 1.807) is 6.26 Å². The van der Waals surface area contributed by atoms with Crippen LogP contribution in [0.4, 0.5) is 0 Å². The van der Waals surface area contributed by atoms with Crippen LogP contribution >= 0.6 is 0 Å². The molecule has 0 bridgehead atoms. The molecule has 0 aliphatic carbocycles. The van der Waals surface area contributed by atoms with Gasteiger partial charge in [-0.2, -0.15) is 0 Å². The van der Waals surface area contributed by atoms with Crippen molar-refractivity contribution in [3.8, 4) is 0 Å². The molecule has 1 atom stereocenters. The summed E-state index contributed by atoms with van der Waals surface area (Å²) in [4.78, 5) is 5.13. The second kappa shape index (κ2) is 7.08. The molecular formula is C15H27N3O. The normalized spacial score (nSPS) is 19.7. The second-order valence-corrected chi connectivity index (χ2v) is 5.47. The number of furan rings is 1. The van der Waals surface area contributed by atoms with Crippen LogP contribution in [0, 0.1) is 0 Å². The number of nitrogens with one attached hydrogen (secondary N) is 1. The maximum absolute atomic E-state index is 5.52. The van der Waals surface area contributed by atoms with Gasteiger partial charge in [0.2, 0.25) is 0 Å². The predicted molar refractivity (Wildman–Crippen MR) is 78.1 cm³/mol. The molecule has 1 aromatic rings. The maximum Gasteiger partial charge on any atom is 0.122 e. The summed E-state index contributed by atoms with van der Waals surface area (Å²) in [5.41, 5.74) is 1.33. The van der Waals surface area contributed by atoms with Crippen molar-refractivity contribution < 1.29 is 4.42 Å². The zero-order valence-electron chi connectivity index (χ0n) is 12.5. The van der Waals surface area contributed by atoms with Crippen LogP contribution in [0.5, 0.6) is 0 Å². The van der Waals surface area contributed by atoms with E-state index in [2.05, 4.69) is 35.0 Å². The van der Waals surface area contributed by atoms with Crippen molar-refractivity contribution in [1.82, 2.24) is 15.1 Å². The van der Waals surface area contributed by atoms with E-state index >= 15 is 0 Å². The fourth-order valence-electron chi connectivity index (χ4n) is 2.68. The third-order valence-corrected chi connectivity index (χ3v) is 4.19. The average Bonchev–Trinajstić information content (AvgIpc) is 2.86. The summed E-state index contributed by atoms with van der Waals surface area (Å²) in [6.45, 7) is 11.1. The summed E-state index contributed by atoms with van der Waals surface area (Å²) < 4.78 is 5.52. The number of rotatable bonds is 6. The van der Waals surface area contributed by atoms with Gasteiger partial charge >= 0.3 is 0 Å². The van der Waals surface area contributed by atoms with Gasteiger partial charge in [-0.25, -0.2) is 0 Å². The number of hydrogen-bond donors (Lipinski definition) is 1. The molecule has 108 valence electrons. The molecule has 0 amide bonds. The fraction of sp³-hybridized carbons (Fsp3) is 0.733. The van der Waals surface area contributed by atoms with E-state index in [1.807, 2.05) is 7.05 Å². The number of nitrogens with zero attached hydrogens (tertiary/aromatic N) is 2. The first-order valence-electron chi connectivity index (χ1n) is 7.40. The summed E-state index contributed by atoms with van der Waals surface area (Å²) in [5.74, 6) is 1.08. The Morgan fingerprint density at radius 1 is 1.32 bits per heavy atom. The van der Waals surface area contributed by atoms with E-state index in [0.717, 1.165) is 38.0 Å². The van der Waals surface area contributed by atoms with E-state index in [9.17, 15) is 0 Å². The highest BCUT2D eigenvalue weighted by Crippen LogP contribution is 2.16. The molecule has 1 N–H and O–H groups in total. The van der Waals surface area contributed by atoms with Gasteiger partial charge in [-0.05, 0) is 26.5 Å². The lowest BCUT2D eigenvalue weighted by Gasteiger charge is -2.37.